The third-order valence-corrected chi connectivity index (χ3v) is 5.76. The highest BCUT2D eigenvalue weighted by molar-refractivity contribution is 5.98. The summed E-state index contributed by atoms with van der Waals surface area (Å²) >= 11 is 0. The summed E-state index contributed by atoms with van der Waals surface area (Å²) < 4.78 is 0. The van der Waals surface area contributed by atoms with Crippen LogP contribution >= 0.6 is 0 Å². The van der Waals surface area contributed by atoms with Crippen LogP contribution in [0.4, 0.5) is 11.6 Å². The fourth-order valence-corrected chi connectivity index (χ4v) is 3.87. The number of carbonyl (C=O) groups excluding carboxylic acids is 1. The van der Waals surface area contributed by atoms with Crippen molar-refractivity contribution in [2.75, 3.05) is 37.7 Å². The number of nitrogens with two attached hydrogens (primary N) is 1. The third kappa shape index (κ3) is 4.68. The number of fused-ring (bicyclic) bond motifs is 1. The summed E-state index contributed by atoms with van der Waals surface area (Å²) in [6.07, 6.45) is 5.74. The van der Waals surface area contributed by atoms with Gasteiger partial charge in [-0.05, 0) is 74.1 Å². The number of hydrogen-bond donors (Lipinski definition) is 3. The van der Waals surface area contributed by atoms with Gasteiger partial charge in [0.25, 0.3) is 5.91 Å². The first-order valence-corrected chi connectivity index (χ1v) is 10.4. The second kappa shape index (κ2) is 9.09. The maximum Gasteiger partial charge on any atom is 0.255 e. The number of carbonyl (C=O) groups is 1. The molecule has 1 aliphatic rings. The zero-order valence-electron chi connectivity index (χ0n) is 17.3. The largest absolute Gasteiger partial charge is 0.383 e. The maximum absolute atomic E-state index is 12.8. The molecule has 2 aromatic heterocycles. The van der Waals surface area contributed by atoms with Crippen LogP contribution in [0.15, 0.2) is 48.8 Å². The lowest BCUT2D eigenvalue weighted by Gasteiger charge is -2.29. The Labute approximate surface area is 176 Å². The summed E-state index contributed by atoms with van der Waals surface area (Å²) in [5.74, 6) is 1.63. The van der Waals surface area contributed by atoms with Gasteiger partial charge in [-0.3, -0.25) is 4.79 Å². The SMILES string of the molecule is CN1CCC(CNc2ncccc2C(=O)NCc2ccc3c(N)nccc3c2)CC1. The molecule has 30 heavy (non-hydrogen) atoms. The minimum Gasteiger partial charge on any atom is -0.383 e. The Balaban J connectivity index is 1.39. The Morgan fingerprint density at radius 2 is 2.00 bits per heavy atom. The minimum atomic E-state index is -0.136. The van der Waals surface area contributed by atoms with Crippen LogP contribution in [0.5, 0.6) is 0 Å². The van der Waals surface area contributed by atoms with Crippen LogP contribution in [0.3, 0.4) is 0 Å². The van der Waals surface area contributed by atoms with E-state index in [4.69, 9.17) is 5.73 Å². The quantitative estimate of drug-likeness (QED) is 0.585. The van der Waals surface area contributed by atoms with E-state index >= 15 is 0 Å². The molecule has 0 radical (unpaired) electrons. The number of hydrogen-bond acceptors (Lipinski definition) is 6. The van der Waals surface area contributed by atoms with Gasteiger partial charge < -0.3 is 21.3 Å². The molecule has 0 spiro atoms. The van der Waals surface area contributed by atoms with Crippen molar-refractivity contribution in [1.29, 1.82) is 0 Å². The van der Waals surface area contributed by atoms with E-state index in [1.165, 1.54) is 12.8 Å². The number of anilines is 2. The molecule has 7 heteroatoms. The first-order chi connectivity index (χ1) is 14.6. The smallest absolute Gasteiger partial charge is 0.255 e. The van der Waals surface area contributed by atoms with Gasteiger partial charge in [0, 0.05) is 30.9 Å². The number of amides is 1. The molecule has 4 rings (SSSR count). The molecular weight excluding hydrogens is 376 g/mol. The van der Waals surface area contributed by atoms with Crippen molar-refractivity contribution < 1.29 is 4.79 Å². The van der Waals surface area contributed by atoms with Gasteiger partial charge in [-0.15, -0.1) is 0 Å². The Kier molecular flexibility index (Phi) is 6.09. The molecule has 1 saturated heterocycles. The number of piperidine rings is 1. The number of nitrogens with zero attached hydrogens (tertiary/aromatic N) is 3. The summed E-state index contributed by atoms with van der Waals surface area (Å²) in [6, 6.07) is 11.5. The zero-order valence-corrected chi connectivity index (χ0v) is 17.3. The second-order valence-electron chi connectivity index (χ2n) is 7.96. The summed E-state index contributed by atoms with van der Waals surface area (Å²) in [5.41, 5.74) is 7.49. The molecule has 0 atom stereocenters. The van der Waals surface area contributed by atoms with E-state index in [2.05, 4.69) is 32.5 Å². The standard InChI is InChI=1S/C23H28N6O/c1-29-11-7-16(8-12-29)14-27-22-20(3-2-9-26-22)23(30)28-15-17-4-5-19-18(13-17)6-10-25-21(19)24/h2-6,9-10,13,16H,7-8,11-12,14-15H2,1H3,(H2,24,25)(H,26,27)(H,28,30). The molecule has 3 heterocycles. The first kappa shape index (κ1) is 20.1. The van der Waals surface area contributed by atoms with Gasteiger partial charge in [0.2, 0.25) is 0 Å². The number of nitrogen functional groups attached to an aromatic ring is 1. The number of benzene rings is 1. The molecule has 3 aromatic rings. The Morgan fingerprint density at radius 3 is 2.83 bits per heavy atom. The lowest BCUT2D eigenvalue weighted by molar-refractivity contribution is 0.0951. The van der Waals surface area contributed by atoms with Crippen LogP contribution in [0, 0.1) is 5.92 Å². The highest BCUT2D eigenvalue weighted by Crippen LogP contribution is 2.21. The summed E-state index contributed by atoms with van der Waals surface area (Å²) in [5, 5.41) is 8.33. The highest BCUT2D eigenvalue weighted by Gasteiger charge is 2.18. The number of nitrogens with one attached hydrogen (secondary N) is 2. The maximum atomic E-state index is 12.8. The monoisotopic (exact) mass is 404 g/mol. The van der Waals surface area contributed by atoms with Crippen molar-refractivity contribution in [1.82, 2.24) is 20.2 Å². The average molecular weight is 405 g/mol. The molecule has 7 nitrogen and oxygen atoms in total. The molecule has 0 unspecified atom stereocenters. The molecule has 1 aromatic carbocycles. The molecule has 1 aliphatic heterocycles. The van der Waals surface area contributed by atoms with Gasteiger partial charge in [0.15, 0.2) is 0 Å². The fraction of sp³-hybridized carbons (Fsp3) is 0.348. The first-order valence-electron chi connectivity index (χ1n) is 10.4. The van der Waals surface area contributed by atoms with Crippen LogP contribution in [0.1, 0.15) is 28.8 Å². The highest BCUT2D eigenvalue weighted by atomic mass is 16.1. The van der Waals surface area contributed by atoms with E-state index in [1.807, 2.05) is 30.3 Å². The Bertz CT molecular complexity index is 1030. The van der Waals surface area contributed by atoms with Crippen LogP contribution < -0.4 is 16.4 Å². The number of rotatable bonds is 6. The number of likely N-dealkylation sites (tertiary alicyclic amines) is 1. The van der Waals surface area contributed by atoms with Crippen LogP contribution in [-0.2, 0) is 6.54 Å². The van der Waals surface area contributed by atoms with Crippen molar-refractivity contribution in [3.63, 3.8) is 0 Å². The van der Waals surface area contributed by atoms with Gasteiger partial charge >= 0.3 is 0 Å². The Morgan fingerprint density at radius 1 is 1.17 bits per heavy atom. The Hall–Kier alpha value is -3.19. The van der Waals surface area contributed by atoms with Crippen molar-refractivity contribution >= 4 is 28.3 Å². The predicted octanol–water partition coefficient (Wildman–Crippen LogP) is 2.90. The summed E-state index contributed by atoms with van der Waals surface area (Å²) in [7, 11) is 2.16. The van der Waals surface area contributed by atoms with Gasteiger partial charge in [-0.25, -0.2) is 9.97 Å². The summed E-state index contributed by atoms with van der Waals surface area (Å²) in [4.78, 5) is 23.7. The molecular formula is C23H28N6O. The van der Waals surface area contributed by atoms with Crippen molar-refractivity contribution in [3.8, 4) is 0 Å². The van der Waals surface area contributed by atoms with Crippen LogP contribution in [0.2, 0.25) is 0 Å². The normalized spacial score (nSPS) is 15.2. The van der Waals surface area contributed by atoms with E-state index in [9.17, 15) is 4.79 Å². The van der Waals surface area contributed by atoms with E-state index in [0.717, 1.165) is 36.0 Å². The van der Waals surface area contributed by atoms with Crippen LogP contribution in [-0.4, -0.2) is 47.5 Å². The van der Waals surface area contributed by atoms with Crippen LogP contribution in [0.25, 0.3) is 10.8 Å². The minimum absolute atomic E-state index is 0.136. The van der Waals surface area contributed by atoms with E-state index in [-0.39, 0.29) is 5.91 Å². The lowest BCUT2D eigenvalue weighted by Crippen LogP contribution is -2.33. The fourth-order valence-electron chi connectivity index (χ4n) is 3.87. The number of aromatic nitrogens is 2. The average Bonchev–Trinajstić information content (AvgIpc) is 2.77. The molecule has 0 bridgehead atoms. The molecule has 156 valence electrons. The molecule has 1 fully saturated rings. The summed E-state index contributed by atoms with van der Waals surface area (Å²) in [6.45, 7) is 3.51. The van der Waals surface area contributed by atoms with Gasteiger partial charge in [0.1, 0.15) is 11.6 Å². The van der Waals surface area contributed by atoms with E-state index in [0.29, 0.717) is 29.7 Å². The van der Waals surface area contributed by atoms with Gasteiger partial charge in [0.05, 0.1) is 5.56 Å². The van der Waals surface area contributed by atoms with Crippen molar-refractivity contribution in [2.24, 2.45) is 5.92 Å². The van der Waals surface area contributed by atoms with Gasteiger partial charge in [-0.2, -0.15) is 0 Å². The van der Waals surface area contributed by atoms with E-state index < -0.39 is 0 Å². The predicted molar refractivity (Wildman–Crippen MR) is 120 cm³/mol. The topological polar surface area (TPSA) is 96.2 Å². The van der Waals surface area contributed by atoms with Crippen molar-refractivity contribution in [3.05, 3.63) is 59.9 Å². The van der Waals surface area contributed by atoms with E-state index in [1.54, 1.807) is 18.5 Å². The molecule has 4 N–H and O–H groups in total. The molecule has 0 aliphatic carbocycles. The van der Waals surface area contributed by atoms with Gasteiger partial charge in [-0.1, -0.05) is 12.1 Å². The third-order valence-electron chi connectivity index (χ3n) is 5.76. The molecule has 0 saturated carbocycles. The lowest BCUT2D eigenvalue weighted by atomic mass is 9.97. The van der Waals surface area contributed by atoms with Crippen molar-refractivity contribution in [2.45, 2.75) is 19.4 Å². The second-order valence-corrected chi connectivity index (χ2v) is 7.96. The molecule has 1 amide bonds. The zero-order chi connectivity index (χ0) is 20.9. The number of pyridine rings is 2.